The van der Waals surface area contributed by atoms with E-state index in [1.807, 2.05) is 6.07 Å². The number of halogens is 1. The summed E-state index contributed by atoms with van der Waals surface area (Å²) in [5, 5.41) is 7.15. The summed E-state index contributed by atoms with van der Waals surface area (Å²) in [6, 6.07) is 17.3. The molecule has 0 saturated carbocycles. The molecule has 0 radical (unpaired) electrons. The van der Waals surface area contributed by atoms with Gasteiger partial charge in [0.2, 0.25) is 0 Å². The number of thiocarbonyl (C=S) groups is 1. The van der Waals surface area contributed by atoms with Crippen LogP contribution < -0.4 is 15.5 Å². The van der Waals surface area contributed by atoms with Crippen molar-refractivity contribution in [3.63, 3.8) is 0 Å². The second-order valence-electron chi connectivity index (χ2n) is 6.02. The largest absolute Gasteiger partial charge is 0.359 e. The minimum Gasteiger partial charge on any atom is -0.359 e. The molecule has 0 amide bonds. The van der Waals surface area contributed by atoms with Crippen molar-refractivity contribution in [3.8, 4) is 0 Å². The zero-order chi connectivity index (χ0) is 18.1. The molecular formula is C20H27FN3S+. The van der Waals surface area contributed by atoms with E-state index < -0.39 is 0 Å². The lowest BCUT2D eigenvalue weighted by atomic mass is 10.1. The zero-order valence-electron chi connectivity index (χ0n) is 14.9. The van der Waals surface area contributed by atoms with Crippen molar-refractivity contribution in [3.05, 3.63) is 71.5 Å². The van der Waals surface area contributed by atoms with E-state index in [1.54, 1.807) is 12.1 Å². The van der Waals surface area contributed by atoms with E-state index >= 15 is 0 Å². The molecule has 3 N–H and O–H groups in total. The Bertz CT molecular complexity index is 642. The molecule has 25 heavy (non-hydrogen) atoms. The Labute approximate surface area is 155 Å². The first-order chi connectivity index (χ1) is 12.1. The third-order valence-electron chi connectivity index (χ3n) is 4.44. The molecule has 134 valence electrons. The fraction of sp³-hybridized carbons (Fsp3) is 0.350. The zero-order valence-corrected chi connectivity index (χ0v) is 15.7. The molecule has 0 unspecified atom stereocenters. The van der Waals surface area contributed by atoms with Crippen molar-refractivity contribution in [2.24, 2.45) is 0 Å². The van der Waals surface area contributed by atoms with Crippen LogP contribution in [0.2, 0.25) is 0 Å². The molecule has 2 rings (SSSR count). The molecule has 5 heteroatoms. The highest BCUT2D eigenvalue weighted by molar-refractivity contribution is 7.80. The topological polar surface area (TPSA) is 28.5 Å². The number of quaternary nitrogens is 1. The lowest BCUT2D eigenvalue weighted by Crippen LogP contribution is -3.12. The molecule has 3 nitrogen and oxygen atoms in total. The highest BCUT2D eigenvalue weighted by Crippen LogP contribution is 2.08. The first-order valence-electron chi connectivity index (χ1n) is 8.79. The van der Waals surface area contributed by atoms with Gasteiger partial charge in [0.1, 0.15) is 11.9 Å². The first-order valence-corrected chi connectivity index (χ1v) is 9.20. The number of hydrogen-bond donors (Lipinski definition) is 3. The van der Waals surface area contributed by atoms with Crippen LogP contribution in [0.1, 0.15) is 31.0 Å². The van der Waals surface area contributed by atoms with E-state index in [0.717, 1.165) is 25.2 Å². The van der Waals surface area contributed by atoms with Crippen LogP contribution in [-0.4, -0.2) is 24.7 Å². The van der Waals surface area contributed by atoms with Gasteiger partial charge >= 0.3 is 0 Å². The summed E-state index contributed by atoms with van der Waals surface area (Å²) in [4.78, 5) is 1.51. The summed E-state index contributed by atoms with van der Waals surface area (Å²) in [6.07, 6.45) is 0. The molecule has 0 fully saturated rings. The summed E-state index contributed by atoms with van der Waals surface area (Å²) < 4.78 is 12.9. The average molecular weight is 361 g/mol. The van der Waals surface area contributed by atoms with Crippen LogP contribution in [-0.2, 0) is 6.54 Å². The second-order valence-corrected chi connectivity index (χ2v) is 6.43. The van der Waals surface area contributed by atoms with E-state index in [4.69, 9.17) is 12.2 Å². The van der Waals surface area contributed by atoms with Crippen molar-refractivity contribution in [1.29, 1.82) is 0 Å². The van der Waals surface area contributed by atoms with Crippen LogP contribution >= 0.6 is 12.2 Å². The van der Waals surface area contributed by atoms with Crippen molar-refractivity contribution < 1.29 is 9.29 Å². The van der Waals surface area contributed by atoms with Gasteiger partial charge in [-0.25, -0.2) is 4.39 Å². The molecule has 0 heterocycles. The molecule has 0 bridgehead atoms. The van der Waals surface area contributed by atoms with Crippen LogP contribution in [0.5, 0.6) is 0 Å². The fourth-order valence-corrected chi connectivity index (χ4v) is 3.12. The first kappa shape index (κ1) is 19.3. The third-order valence-corrected chi connectivity index (χ3v) is 4.72. The summed E-state index contributed by atoms with van der Waals surface area (Å²) >= 11 is 5.40. The average Bonchev–Trinajstić information content (AvgIpc) is 2.65. The van der Waals surface area contributed by atoms with Crippen molar-refractivity contribution >= 4 is 17.3 Å². The SMILES string of the molecule is CC[NH+](CC)[C@H](CNC(=S)NCc1ccc(F)cc1)c1ccccc1. The lowest BCUT2D eigenvalue weighted by molar-refractivity contribution is -0.927. The monoisotopic (exact) mass is 360 g/mol. The Morgan fingerprint density at radius 1 is 1.00 bits per heavy atom. The van der Waals surface area contributed by atoms with E-state index in [2.05, 4.69) is 48.7 Å². The van der Waals surface area contributed by atoms with Gasteiger partial charge in [-0.1, -0.05) is 42.5 Å². The predicted molar refractivity (Wildman–Crippen MR) is 105 cm³/mol. The summed E-state index contributed by atoms with van der Waals surface area (Å²) in [7, 11) is 0. The van der Waals surface area contributed by atoms with Gasteiger partial charge in [0, 0.05) is 12.1 Å². The fourth-order valence-electron chi connectivity index (χ4n) is 2.97. The highest BCUT2D eigenvalue weighted by atomic mass is 32.1. The van der Waals surface area contributed by atoms with Gasteiger partial charge in [-0.3, -0.25) is 0 Å². The van der Waals surface area contributed by atoms with Gasteiger partial charge in [0.25, 0.3) is 0 Å². The maximum Gasteiger partial charge on any atom is 0.166 e. The van der Waals surface area contributed by atoms with E-state index in [9.17, 15) is 4.39 Å². The molecular weight excluding hydrogens is 333 g/mol. The van der Waals surface area contributed by atoms with Gasteiger partial charge in [-0.2, -0.15) is 0 Å². The third kappa shape index (κ3) is 6.11. The van der Waals surface area contributed by atoms with Crippen LogP contribution in [0, 0.1) is 5.82 Å². The lowest BCUT2D eigenvalue weighted by Gasteiger charge is -2.27. The standard InChI is InChI=1S/C20H26FN3S/c1-3-24(4-2)19(17-8-6-5-7-9-17)15-23-20(25)22-14-16-10-12-18(21)13-11-16/h5-13,19H,3-4,14-15H2,1-2H3,(H2,22,23,25)/p+1/t19-/m1/s1. The smallest absolute Gasteiger partial charge is 0.166 e. The van der Waals surface area contributed by atoms with Crippen molar-refractivity contribution in [2.45, 2.75) is 26.4 Å². The summed E-state index contributed by atoms with van der Waals surface area (Å²) in [5.74, 6) is -0.225. The second kappa shape index (κ2) is 10.1. The van der Waals surface area contributed by atoms with Gasteiger partial charge < -0.3 is 15.5 Å². The maximum atomic E-state index is 12.9. The summed E-state index contributed by atoms with van der Waals surface area (Å²) in [5.41, 5.74) is 2.31. The molecule has 1 atom stereocenters. The Balaban J connectivity index is 1.90. The quantitative estimate of drug-likeness (QED) is 0.632. The normalized spacial score (nSPS) is 12.0. The van der Waals surface area contributed by atoms with Gasteiger partial charge in [-0.05, 0) is 43.8 Å². The van der Waals surface area contributed by atoms with Crippen LogP contribution in [0.3, 0.4) is 0 Å². The van der Waals surface area contributed by atoms with Crippen LogP contribution in [0.4, 0.5) is 4.39 Å². The number of hydrogen-bond acceptors (Lipinski definition) is 1. The van der Waals surface area contributed by atoms with Crippen molar-refractivity contribution in [1.82, 2.24) is 10.6 Å². The number of rotatable bonds is 8. The molecule has 0 aromatic heterocycles. The maximum absolute atomic E-state index is 12.9. The summed E-state index contributed by atoms with van der Waals surface area (Å²) in [6.45, 7) is 7.90. The minimum absolute atomic E-state index is 0.225. The van der Waals surface area contributed by atoms with Gasteiger partial charge in [0.05, 0.1) is 19.6 Å². The van der Waals surface area contributed by atoms with Gasteiger partial charge in [-0.15, -0.1) is 0 Å². The molecule has 0 aliphatic heterocycles. The van der Waals surface area contributed by atoms with Crippen molar-refractivity contribution in [2.75, 3.05) is 19.6 Å². The molecule has 2 aromatic rings. The van der Waals surface area contributed by atoms with E-state index in [0.29, 0.717) is 17.7 Å². The number of nitrogens with one attached hydrogen (secondary N) is 3. The number of benzene rings is 2. The Morgan fingerprint density at radius 3 is 2.24 bits per heavy atom. The van der Waals surface area contributed by atoms with Gasteiger partial charge in [0.15, 0.2) is 5.11 Å². The Hall–Kier alpha value is -1.98. The minimum atomic E-state index is -0.225. The molecule has 0 saturated heterocycles. The molecule has 0 aliphatic carbocycles. The van der Waals surface area contributed by atoms with E-state index in [-0.39, 0.29) is 5.82 Å². The molecule has 2 aromatic carbocycles. The molecule has 0 aliphatic rings. The van der Waals surface area contributed by atoms with Crippen LogP contribution in [0.25, 0.3) is 0 Å². The highest BCUT2D eigenvalue weighted by Gasteiger charge is 2.21. The van der Waals surface area contributed by atoms with E-state index in [1.165, 1.54) is 22.6 Å². The Morgan fingerprint density at radius 2 is 1.64 bits per heavy atom. The van der Waals surface area contributed by atoms with Crippen LogP contribution in [0.15, 0.2) is 54.6 Å². The predicted octanol–water partition coefficient (Wildman–Crippen LogP) is 2.46. The molecule has 0 spiro atoms. The number of likely N-dealkylation sites (N-methyl/N-ethyl adjacent to an activating group) is 1. The Kier molecular flexibility index (Phi) is 7.82.